The number of hydrogen-bond acceptors (Lipinski definition) is 8. The first-order valence-electron chi connectivity index (χ1n) is 12.0. The molecule has 12 heteroatoms. The summed E-state index contributed by atoms with van der Waals surface area (Å²) in [5, 5.41) is 0.405. The molecule has 1 aliphatic rings. The topological polar surface area (TPSA) is 127 Å². The van der Waals surface area contributed by atoms with Gasteiger partial charge >= 0.3 is 11.2 Å². The van der Waals surface area contributed by atoms with E-state index in [1.165, 1.54) is 17.1 Å². The third-order valence-electron chi connectivity index (χ3n) is 5.88. The summed E-state index contributed by atoms with van der Waals surface area (Å²) in [5.74, 6) is 0.797. The summed E-state index contributed by atoms with van der Waals surface area (Å²) in [6.07, 6.45) is 5.24. The molecule has 0 aliphatic carbocycles. The average molecular weight is 529 g/mol. The lowest BCUT2D eigenvalue weighted by Crippen LogP contribution is -2.49. The number of piperidine rings is 1. The van der Waals surface area contributed by atoms with E-state index in [1.54, 1.807) is 33.9 Å². The normalized spacial score (nSPS) is 19.0. The van der Waals surface area contributed by atoms with Crippen molar-refractivity contribution in [3.05, 3.63) is 47.4 Å². The summed E-state index contributed by atoms with van der Waals surface area (Å²) in [4.78, 5) is 40.4. The van der Waals surface area contributed by atoms with Crippen molar-refractivity contribution in [2.45, 2.75) is 70.0 Å². The summed E-state index contributed by atoms with van der Waals surface area (Å²) >= 11 is -1.42. The molecule has 0 N–H and O–H groups in total. The van der Waals surface area contributed by atoms with Gasteiger partial charge < -0.3 is 18.9 Å². The van der Waals surface area contributed by atoms with E-state index in [0.29, 0.717) is 36.7 Å². The zero-order valence-corrected chi connectivity index (χ0v) is 22.5. The predicted octanol–water partition coefficient (Wildman–Crippen LogP) is 3.07. The van der Waals surface area contributed by atoms with Gasteiger partial charge in [-0.05, 0) is 33.8 Å². The third kappa shape index (κ3) is 5.80. The molecule has 1 aliphatic heterocycles. The number of fused-ring (bicyclic) bond motifs is 1. The highest BCUT2D eigenvalue weighted by Crippen LogP contribution is 2.25. The molecule has 0 bridgehead atoms. The smallest absolute Gasteiger partial charge is 0.410 e. The first-order chi connectivity index (χ1) is 17.5. The van der Waals surface area contributed by atoms with Gasteiger partial charge in [0.15, 0.2) is 11.5 Å². The van der Waals surface area contributed by atoms with Gasteiger partial charge in [-0.1, -0.05) is 12.1 Å². The van der Waals surface area contributed by atoms with Crippen molar-refractivity contribution in [3.63, 3.8) is 0 Å². The SMILES string of the molecule is C=CCn1c(=O)c2cnc([S+](C)[O-])nc2n1-c1cccc(O[C@@H]2CCN(C(=O)OC(C)(C)C)[C@@H](C)C2)n1. The van der Waals surface area contributed by atoms with Crippen molar-refractivity contribution in [1.29, 1.82) is 0 Å². The van der Waals surface area contributed by atoms with Crippen LogP contribution >= 0.6 is 0 Å². The predicted molar refractivity (Wildman–Crippen MR) is 140 cm³/mol. The molecule has 3 aromatic heterocycles. The van der Waals surface area contributed by atoms with Crippen molar-refractivity contribution < 1.29 is 18.8 Å². The standard InChI is InChI=1S/C25H32N6O5S/c1-7-12-30-22(32)18-15-26-23(37(6)34)28-21(18)31(30)19-9-8-10-20(27-19)35-17-11-13-29(16(2)14-17)24(33)36-25(3,4)5/h7-10,15-17H,1,11-14H2,2-6H3/t16-,17+,37?/m0/s1. The summed E-state index contributed by atoms with van der Waals surface area (Å²) in [7, 11) is 0. The molecule has 0 radical (unpaired) electrons. The van der Waals surface area contributed by atoms with E-state index in [9.17, 15) is 14.1 Å². The van der Waals surface area contributed by atoms with Gasteiger partial charge in [0.25, 0.3) is 5.56 Å². The molecule has 0 spiro atoms. The number of ether oxygens (including phenoxy) is 2. The second-order valence-electron chi connectivity index (χ2n) is 9.95. The monoisotopic (exact) mass is 528 g/mol. The van der Waals surface area contributed by atoms with Gasteiger partial charge in [-0.15, -0.1) is 6.58 Å². The Kier molecular flexibility index (Phi) is 7.60. The molecule has 4 rings (SSSR count). The van der Waals surface area contributed by atoms with Gasteiger partial charge in [-0.25, -0.2) is 14.2 Å². The number of rotatable bonds is 6. The molecule has 1 fully saturated rings. The molecule has 37 heavy (non-hydrogen) atoms. The highest BCUT2D eigenvalue weighted by atomic mass is 32.2. The second-order valence-corrected chi connectivity index (χ2v) is 11.2. The molecule has 0 saturated carbocycles. The summed E-state index contributed by atoms with van der Waals surface area (Å²) in [5.41, 5.74) is -0.558. The van der Waals surface area contributed by atoms with Crippen LogP contribution < -0.4 is 10.3 Å². The van der Waals surface area contributed by atoms with Crippen LogP contribution in [0.1, 0.15) is 40.5 Å². The molecular formula is C25H32N6O5S. The Morgan fingerprint density at radius 3 is 2.73 bits per heavy atom. The number of pyridine rings is 1. The van der Waals surface area contributed by atoms with Gasteiger partial charge in [-0.2, -0.15) is 15.0 Å². The van der Waals surface area contributed by atoms with Gasteiger partial charge in [0.05, 0.1) is 12.7 Å². The van der Waals surface area contributed by atoms with E-state index in [2.05, 4.69) is 21.5 Å². The number of amides is 1. The van der Waals surface area contributed by atoms with Gasteiger partial charge in [0.2, 0.25) is 5.88 Å². The first kappa shape index (κ1) is 26.7. The van der Waals surface area contributed by atoms with Crippen molar-refractivity contribution in [2.24, 2.45) is 0 Å². The van der Waals surface area contributed by atoms with Gasteiger partial charge in [0.1, 0.15) is 23.3 Å². The Bertz CT molecular complexity index is 1360. The van der Waals surface area contributed by atoms with E-state index in [-0.39, 0.29) is 40.9 Å². The number of aromatic nitrogens is 5. The molecule has 11 nitrogen and oxygen atoms in total. The van der Waals surface area contributed by atoms with Gasteiger partial charge in [-0.3, -0.25) is 4.79 Å². The fourth-order valence-corrected chi connectivity index (χ4v) is 4.67. The maximum atomic E-state index is 13.0. The molecule has 1 amide bonds. The van der Waals surface area contributed by atoms with Crippen LogP contribution in [0.2, 0.25) is 0 Å². The lowest BCUT2D eigenvalue weighted by molar-refractivity contribution is -0.00150. The van der Waals surface area contributed by atoms with Crippen LogP contribution in [0.5, 0.6) is 5.88 Å². The Morgan fingerprint density at radius 1 is 1.32 bits per heavy atom. The number of carbonyl (C=O) groups is 1. The minimum atomic E-state index is -1.42. The lowest BCUT2D eigenvalue weighted by Gasteiger charge is -2.38. The minimum Gasteiger partial charge on any atom is -0.609 e. The second kappa shape index (κ2) is 10.5. The van der Waals surface area contributed by atoms with Crippen molar-refractivity contribution in [3.8, 4) is 11.7 Å². The van der Waals surface area contributed by atoms with Crippen molar-refractivity contribution in [2.75, 3.05) is 12.8 Å². The van der Waals surface area contributed by atoms with Crippen molar-refractivity contribution in [1.82, 2.24) is 29.2 Å². The molecule has 198 valence electrons. The molecule has 3 atom stereocenters. The van der Waals surface area contributed by atoms with Crippen LogP contribution in [0.15, 0.2) is 47.0 Å². The van der Waals surface area contributed by atoms with Crippen LogP contribution in [-0.2, 0) is 22.5 Å². The minimum absolute atomic E-state index is 0.0621. The number of hydrogen-bond donors (Lipinski definition) is 0. The Balaban J connectivity index is 1.60. The summed E-state index contributed by atoms with van der Waals surface area (Å²) < 4.78 is 26.7. The van der Waals surface area contributed by atoms with Gasteiger partial charge in [0, 0.05) is 42.7 Å². The fraction of sp³-hybridized carbons (Fsp3) is 0.480. The van der Waals surface area contributed by atoms with Crippen LogP contribution in [0, 0.1) is 0 Å². The van der Waals surface area contributed by atoms with E-state index >= 15 is 0 Å². The van der Waals surface area contributed by atoms with E-state index < -0.39 is 16.8 Å². The maximum absolute atomic E-state index is 13.0. The highest BCUT2D eigenvalue weighted by molar-refractivity contribution is 7.90. The molecule has 1 unspecified atom stereocenters. The molecule has 4 heterocycles. The zero-order valence-electron chi connectivity index (χ0n) is 21.7. The van der Waals surface area contributed by atoms with E-state index in [0.717, 1.165) is 0 Å². The molecule has 0 aromatic carbocycles. The van der Waals surface area contributed by atoms with Crippen LogP contribution in [0.25, 0.3) is 16.9 Å². The third-order valence-corrected chi connectivity index (χ3v) is 6.59. The lowest BCUT2D eigenvalue weighted by atomic mass is 10.0. The average Bonchev–Trinajstić information content (AvgIpc) is 3.09. The van der Waals surface area contributed by atoms with E-state index in [4.69, 9.17) is 9.47 Å². The zero-order chi connectivity index (χ0) is 26.9. The number of nitrogens with zero attached hydrogens (tertiary/aromatic N) is 6. The maximum Gasteiger partial charge on any atom is 0.410 e. The first-order valence-corrected chi connectivity index (χ1v) is 13.6. The van der Waals surface area contributed by atoms with Crippen molar-refractivity contribution >= 4 is 28.3 Å². The number of allylic oxidation sites excluding steroid dienone is 1. The molecular weight excluding hydrogens is 496 g/mol. The number of carbonyl (C=O) groups excluding carboxylic acids is 1. The van der Waals surface area contributed by atoms with Crippen LogP contribution in [-0.4, -0.2) is 70.4 Å². The van der Waals surface area contributed by atoms with Crippen LogP contribution in [0.4, 0.5) is 4.79 Å². The van der Waals surface area contributed by atoms with E-state index in [1.807, 2.05) is 27.7 Å². The summed E-state index contributed by atoms with van der Waals surface area (Å²) in [6.45, 7) is 12.0. The Hall–Kier alpha value is -3.38. The number of likely N-dealkylation sites (tertiary alicyclic amines) is 1. The fourth-order valence-electron chi connectivity index (χ4n) is 4.26. The largest absolute Gasteiger partial charge is 0.609 e. The van der Waals surface area contributed by atoms with Crippen LogP contribution in [0.3, 0.4) is 0 Å². The summed E-state index contributed by atoms with van der Waals surface area (Å²) in [6, 6.07) is 5.21. The Labute approximate surface area is 218 Å². The highest BCUT2D eigenvalue weighted by Gasteiger charge is 2.33. The molecule has 1 saturated heterocycles. The quantitative estimate of drug-likeness (QED) is 0.271. The Morgan fingerprint density at radius 2 is 2.08 bits per heavy atom. The molecule has 3 aromatic rings.